The summed E-state index contributed by atoms with van der Waals surface area (Å²) in [6.45, 7) is 7.44. The summed E-state index contributed by atoms with van der Waals surface area (Å²) < 4.78 is 1.70. The average molecular weight is 350 g/mol. The van der Waals surface area contributed by atoms with Gasteiger partial charge in [-0.1, -0.05) is 26.0 Å². The monoisotopic (exact) mass is 350 g/mol. The SMILES string of the molecule is CC(=O)c1cccc(NC(=O)c2cc(C(C)C)nc3c2c(C)nn3C)c1. The molecule has 0 aliphatic heterocycles. The van der Waals surface area contributed by atoms with E-state index >= 15 is 0 Å². The largest absolute Gasteiger partial charge is 0.322 e. The van der Waals surface area contributed by atoms with Crippen molar-refractivity contribution in [3.63, 3.8) is 0 Å². The minimum atomic E-state index is -0.240. The lowest BCUT2D eigenvalue weighted by molar-refractivity contribution is 0.101. The predicted molar refractivity (Wildman–Crippen MR) is 102 cm³/mol. The zero-order valence-electron chi connectivity index (χ0n) is 15.6. The molecular formula is C20H22N4O2. The molecule has 0 atom stereocenters. The van der Waals surface area contributed by atoms with Crippen molar-refractivity contribution in [1.29, 1.82) is 0 Å². The quantitative estimate of drug-likeness (QED) is 0.725. The Morgan fingerprint density at radius 1 is 1.19 bits per heavy atom. The molecule has 0 radical (unpaired) electrons. The maximum atomic E-state index is 13.0. The highest BCUT2D eigenvalue weighted by Gasteiger charge is 2.20. The highest BCUT2D eigenvalue weighted by molar-refractivity contribution is 6.13. The molecule has 0 aliphatic carbocycles. The average Bonchev–Trinajstić information content (AvgIpc) is 2.88. The first-order chi connectivity index (χ1) is 12.3. The molecule has 0 saturated carbocycles. The Morgan fingerprint density at radius 2 is 1.92 bits per heavy atom. The number of aromatic nitrogens is 3. The van der Waals surface area contributed by atoms with Gasteiger partial charge in [0.1, 0.15) is 0 Å². The van der Waals surface area contributed by atoms with E-state index in [4.69, 9.17) is 0 Å². The minimum absolute atomic E-state index is 0.0439. The molecule has 2 aromatic heterocycles. The number of aryl methyl sites for hydroxylation is 2. The number of nitrogens with one attached hydrogen (secondary N) is 1. The number of hydrogen-bond acceptors (Lipinski definition) is 4. The number of hydrogen-bond donors (Lipinski definition) is 1. The smallest absolute Gasteiger partial charge is 0.256 e. The second kappa shape index (κ2) is 6.71. The van der Waals surface area contributed by atoms with Gasteiger partial charge < -0.3 is 5.32 Å². The summed E-state index contributed by atoms with van der Waals surface area (Å²) in [5, 5.41) is 8.05. The van der Waals surface area contributed by atoms with Crippen LogP contribution in [0.5, 0.6) is 0 Å². The van der Waals surface area contributed by atoms with Crippen LogP contribution in [0.4, 0.5) is 5.69 Å². The van der Waals surface area contributed by atoms with Crippen molar-refractivity contribution in [1.82, 2.24) is 14.8 Å². The number of carbonyl (C=O) groups is 2. The van der Waals surface area contributed by atoms with Gasteiger partial charge in [0.2, 0.25) is 0 Å². The maximum absolute atomic E-state index is 13.0. The highest BCUT2D eigenvalue weighted by atomic mass is 16.1. The van der Waals surface area contributed by atoms with Crippen molar-refractivity contribution < 1.29 is 9.59 Å². The third kappa shape index (κ3) is 3.22. The van der Waals surface area contributed by atoms with Gasteiger partial charge in [0, 0.05) is 24.0 Å². The molecule has 2 heterocycles. The van der Waals surface area contributed by atoms with Gasteiger partial charge in [0.25, 0.3) is 5.91 Å². The van der Waals surface area contributed by atoms with E-state index in [0.717, 1.165) is 16.8 Å². The van der Waals surface area contributed by atoms with Crippen LogP contribution in [0.15, 0.2) is 30.3 Å². The van der Waals surface area contributed by atoms with Crippen LogP contribution in [-0.4, -0.2) is 26.5 Å². The molecule has 1 aromatic carbocycles. The third-order valence-corrected chi connectivity index (χ3v) is 4.35. The molecule has 6 heteroatoms. The summed E-state index contributed by atoms with van der Waals surface area (Å²) in [5.74, 6) is -0.101. The van der Waals surface area contributed by atoms with Crippen LogP contribution >= 0.6 is 0 Å². The molecule has 0 unspecified atom stereocenters. The van der Waals surface area contributed by atoms with Crippen LogP contribution in [-0.2, 0) is 7.05 Å². The Kier molecular flexibility index (Phi) is 4.59. The summed E-state index contributed by atoms with van der Waals surface area (Å²) in [7, 11) is 1.82. The molecular weight excluding hydrogens is 328 g/mol. The number of rotatable bonds is 4. The van der Waals surface area contributed by atoms with Gasteiger partial charge in [-0.25, -0.2) is 4.98 Å². The molecule has 0 fully saturated rings. The predicted octanol–water partition coefficient (Wildman–Crippen LogP) is 3.86. The molecule has 0 bridgehead atoms. The van der Waals surface area contributed by atoms with Crippen LogP contribution in [0.2, 0.25) is 0 Å². The van der Waals surface area contributed by atoms with Gasteiger partial charge in [-0.2, -0.15) is 5.10 Å². The molecule has 3 rings (SSSR count). The summed E-state index contributed by atoms with van der Waals surface area (Å²) in [4.78, 5) is 29.2. The number of benzene rings is 1. The number of ketones is 1. The Bertz CT molecular complexity index is 1020. The first-order valence-electron chi connectivity index (χ1n) is 8.54. The van der Waals surface area contributed by atoms with Crippen molar-refractivity contribution in [2.24, 2.45) is 7.05 Å². The Hall–Kier alpha value is -3.02. The molecule has 1 N–H and O–H groups in total. The number of amides is 1. The van der Waals surface area contributed by atoms with Gasteiger partial charge in [0.05, 0.1) is 16.6 Å². The molecule has 0 spiro atoms. The van der Waals surface area contributed by atoms with Gasteiger partial charge >= 0.3 is 0 Å². The van der Waals surface area contributed by atoms with E-state index < -0.39 is 0 Å². The first-order valence-corrected chi connectivity index (χ1v) is 8.54. The fraction of sp³-hybridized carbons (Fsp3) is 0.300. The van der Waals surface area contributed by atoms with Crippen LogP contribution in [0, 0.1) is 6.92 Å². The van der Waals surface area contributed by atoms with Crippen molar-refractivity contribution in [2.45, 2.75) is 33.6 Å². The molecule has 26 heavy (non-hydrogen) atoms. The van der Waals surface area contributed by atoms with Gasteiger partial charge in [-0.3, -0.25) is 14.3 Å². The van der Waals surface area contributed by atoms with Crippen molar-refractivity contribution >= 4 is 28.4 Å². The Balaban J connectivity index is 2.07. The minimum Gasteiger partial charge on any atom is -0.322 e. The first kappa shape index (κ1) is 17.8. The zero-order chi connectivity index (χ0) is 19.0. The van der Waals surface area contributed by atoms with Gasteiger partial charge in [-0.15, -0.1) is 0 Å². The van der Waals surface area contributed by atoms with Gasteiger partial charge in [-0.05, 0) is 38.0 Å². The normalized spacial score (nSPS) is 11.2. The second-order valence-corrected chi connectivity index (χ2v) is 6.75. The lowest BCUT2D eigenvalue weighted by Gasteiger charge is -2.11. The molecule has 134 valence electrons. The third-order valence-electron chi connectivity index (χ3n) is 4.35. The summed E-state index contributed by atoms with van der Waals surface area (Å²) in [5.41, 5.74) is 3.97. The molecule has 1 amide bonds. The number of nitrogens with zero attached hydrogens (tertiary/aromatic N) is 3. The van der Waals surface area contributed by atoms with Crippen molar-refractivity contribution in [2.75, 3.05) is 5.32 Å². The fourth-order valence-corrected chi connectivity index (χ4v) is 2.95. The van der Waals surface area contributed by atoms with Crippen molar-refractivity contribution in [3.05, 3.63) is 52.8 Å². The highest BCUT2D eigenvalue weighted by Crippen LogP contribution is 2.26. The van der Waals surface area contributed by atoms with E-state index in [1.807, 2.05) is 33.9 Å². The van der Waals surface area contributed by atoms with E-state index in [2.05, 4.69) is 15.4 Å². The van der Waals surface area contributed by atoms with Crippen LogP contribution < -0.4 is 5.32 Å². The number of fused-ring (bicyclic) bond motifs is 1. The number of pyridine rings is 1. The molecule has 0 aliphatic rings. The number of anilines is 1. The topological polar surface area (TPSA) is 76.9 Å². The summed E-state index contributed by atoms with van der Waals surface area (Å²) in [6, 6.07) is 8.75. The molecule has 3 aromatic rings. The molecule has 0 saturated heterocycles. The van der Waals surface area contributed by atoms with E-state index in [1.165, 1.54) is 6.92 Å². The second-order valence-electron chi connectivity index (χ2n) is 6.75. The fourth-order valence-electron chi connectivity index (χ4n) is 2.95. The Labute approximate surface area is 152 Å². The van der Waals surface area contributed by atoms with E-state index in [0.29, 0.717) is 22.5 Å². The van der Waals surface area contributed by atoms with Gasteiger partial charge in [0.15, 0.2) is 11.4 Å². The number of carbonyl (C=O) groups excluding carboxylic acids is 2. The lowest BCUT2D eigenvalue weighted by atomic mass is 10.0. The van der Waals surface area contributed by atoms with E-state index in [9.17, 15) is 9.59 Å². The van der Waals surface area contributed by atoms with E-state index in [-0.39, 0.29) is 17.6 Å². The standard InChI is InChI=1S/C20H22N4O2/c1-11(2)17-10-16(18-12(3)23-24(5)19(18)22-17)20(26)21-15-8-6-7-14(9-15)13(4)25/h6-11H,1-5H3,(H,21,26). The van der Waals surface area contributed by atoms with Crippen LogP contribution in [0.25, 0.3) is 11.0 Å². The molecule has 6 nitrogen and oxygen atoms in total. The summed E-state index contributed by atoms with van der Waals surface area (Å²) >= 11 is 0. The van der Waals surface area contributed by atoms with Crippen molar-refractivity contribution in [3.8, 4) is 0 Å². The Morgan fingerprint density at radius 3 is 2.58 bits per heavy atom. The number of Topliss-reactive ketones (excluding diaryl/α,β-unsaturated/α-hetero) is 1. The maximum Gasteiger partial charge on any atom is 0.256 e. The van der Waals surface area contributed by atoms with Crippen LogP contribution in [0.1, 0.15) is 58.8 Å². The summed E-state index contributed by atoms with van der Waals surface area (Å²) in [6.07, 6.45) is 0. The van der Waals surface area contributed by atoms with E-state index in [1.54, 1.807) is 28.9 Å². The lowest BCUT2D eigenvalue weighted by Crippen LogP contribution is -2.14. The zero-order valence-corrected chi connectivity index (χ0v) is 15.6. The van der Waals surface area contributed by atoms with Crippen LogP contribution in [0.3, 0.4) is 0 Å².